The van der Waals surface area contributed by atoms with Crippen LogP contribution in [0.4, 0.5) is 0 Å². The molecule has 0 aliphatic heterocycles. The van der Waals surface area contributed by atoms with Gasteiger partial charge < -0.3 is 24.8 Å². The van der Waals surface area contributed by atoms with Gasteiger partial charge in [0, 0.05) is 0 Å². The Hall–Kier alpha value is -2.40. The molecule has 0 aromatic heterocycles. The SMILES string of the molecule is C=C/C=C\C(OCC(O)COc1ccccc1O)=C(/C)O. The van der Waals surface area contributed by atoms with Gasteiger partial charge in [0.05, 0.1) is 0 Å². The van der Waals surface area contributed by atoms with Crippen molar-refractivity contribution in [3.05, 3.63) is 60.6 Å². The van der Waals surface area contributed by atoms with E-state index in [1.54, 1.807) is 36.4 Å². The number of benzene rings is 1. The first kappa shape index (κ1) is 16.7. The quantitative estimate of drug-likeness (QED) is 0.507. The van der Waals surface area contributed by atoms with Gasteiger partial charge in [0.2, 0.25) is 0 Å². The van der Waals surface area contributed by atoms with Crippen LogP contribution in [0.15, 0.2) is 60.6 Å². The van der Waals surface area contributed by atoms with E-state index in [2.05, 4.69) is 6.58 Å². The molecule has 1 aromatic rings. The van der Waals surface area contributed by atoms with E-state index in [4.69, 9.17) is 9.47 Å². The van der Waals surface area contributed by atoms with Crippen LogP contribution >= 0.6 is 0 Å². The number of hydrogen-bond donors (Lipinski definition) is 3. The first-order valence-corrected chi connectivity index (χ1v) is 6.45. The summed E-state index contributed by atoms with van der Waals surface area (Å²) in [5.41, 5.74) is 0. The summed E-state index contributed by atoms with van der Waals surface area (Å²) in [4.78, 5) is 0. The monoisotopic (exact) mass is 292 g/mol. The van der Waals surface area contributed by atoms with Crippen molar-refractivity contribution in [2.45, 2.75) is 13.0 Å². The van der Waals surface area contributed by atoms with Gasteiger partial charge in [-0.2, -0.15) is 0 Å². The largest absolute Gasteiger partial charge is 0.509 e. The predicted molar refractivity (Wildman–Crippen MR) is 80.2 cm³/mol. The second-order valence-corrected chi connectivity index (χ2v) is 4.29. The van der Waals surface area contributed by atoms with Gasteiger partial charge in [-0.05, 0) is 25.1 Å². The summed E-state index contributed by atoms with van der Waals surface area (Å²) in [6.07, 6.45) is 3.79. The minimum Gasteiger partial charge on any atom is -0.509 e. The Morgan fingerprint density at radius 3 is 2.67 bits per heavy atom. The van der Waals surface area contributed by atoms with Crippen molar-refractivity contribution in [2.24, 2.45) is 0 Å². The molecule has 1 unspecified atom stereocenters. The maximum atomic E-state index is 9.78. The normalized spacial score (nSPS) is 13.6. The van der Waals surface area contributed by atoms with Gasteiger partial charge in [0.25, 0.3) is 0 Å². The Labute approximate surface area is 124 Å². The Bertz CT molecular complexity index is 515. The van der Waals surface area contributed by atoms with Crippen molar-refractivity contribution >= 4 is 0 Å². The van der Waals surface area contributed by atoms with Crippen molar-refractivity contribution in [3.8, 4) is 11.5 Å². The molecule has 0 saturated carbocycles. The summed E-state index contributed by atoms with van der Waals surface area (Å²) in [5.74, 6) is 0.543. The molecule has 0 bridgehead atoms. The Balaban J connectivity index is 2.45. The topological polar surface area (TPSA) is 79.2 Å². The van der Waals surface area contributed by atoms with Crippen LogP contribution in [0, 0.1) is 0 Å². The molecule has 0 heterocycles. The maximum absolute atomic E-state index is 9.78. The van der Waals surface area contributed by atoms with Crippen molar-refractivity contribution in [3.63, 3.8) is 0 Å². The highest BCUT2D eigenvalue weighted by atomic mass is 16.5. The first-order chi connectivity index (χ1) is 10.0. The average molecular weight is 292 g/mol. The van der Waals surface area contributed by atoms with E-state index in [1.807, 2.05) is 0 Å². The molecule has 0 aliphatic carbocycles. The first-order valence-electron chi connectivity index (χ1n) is 6.45. The molecule has 114 valence electrons. The lowest BCUT2D eigenvalue weighted by Crippen LogP contribution is -2.23. The van der Waals surface area contributed by atoms with Crippen LogP contribution in [0.5, 0.6) is 11.5 Å². The molecular formula is C16H20O5. The summed E-state index contributed by atoms with van der Waals surface area (Å²) in [5, 5.41) is 28.7. The molecular weight excluding hydrogens is 272 g/mol. The lowest BCUT2D eigenvalue weighted by Gasteiger charge is -2.15. The van der Waals surface area contributed by atoms with Crippen LogP contribution in [0.3, 0.4) is 0 Å². The molecule has 21 heavy (non-hydrogen) atoms. The van der Waals surface area contributed by atoms with E-state index in [0.717, 1.165) is 0 Å². The molecule has 0 fully saturated rings. The number of rotatable bonds is 8. The van der Waals surface area contributed by atoms with Crippen LogP contribution in [0.1, 0.15) is 6.92 Å². The average Bonchev–Trinajstić information content (AvgIpc) is 2.46. The number of para-hydroxylation sites is 2. The third-order valence-corrected chi connectivity index (χ3v) is 2.47. The Morgan fingerprint density at radius 1 is 1.33 bits per heavy atom. The Morgan fingerprint density at radius 2 is 2.05 bits per heavy atom. The predicted octanol–water partition coefficient (Wildman–Crippen LogP) is 2.68. The zero-order chi connectivity index (χ0) is 15.7. The minimum atomic E-state index is -0.906. The number of phenolic OH excluding ortho intramolecular Hbond substituents is 1. The van der Waals surface area contributed by atoms with E-state index in [1.165, 1.54) is 13.0 Å². The van der Waals surface area contributed by atoms with Gasteiger partial charge >= 0.3 is 0 Å². The van der Waals surface area contributed by atoms with Crippen LogP contribution in [-0.2, 0) is 4.74 Å². The molecule has 3 N–H and O–H groups in total. The van der Waals surface area contributed by atoms with Crippen LogP contribution < -0.4 is 4.74 Å². The highest BCUT2D eigenvalue weighted by Crippen LogP contribution is 2.24. The van der Waals surface area contributed by atoms with E-state index in [-0.39, 0.29) is 36.2 Å². The van der Waals surface area contributed by atoms with Gasteiger partial charge in [-0.25, -0.2) is 0 Å². The zero-order valence-corrected chi connectivity index (χ0v) is 11.9. The molecule has 5 heteroatoms. The van der Waals surface area contributed by atoms with Gasteiger partial charge in [-0.1, -0.05) is 30.9 Å². The van der Waals surface area contributed by atoms with Crippen LogP contribution in [0.2, 0.25) is 0 Å². The molecule has 0 spiro atoms. The third-order valence-electron chi connectivity index (χ3n) is 2.47. The second-order valence-electron chi connectivity index (χ2n) is 4.29. The molecule has 0 aliphatic rings. The standard InChI is InChI=1S/C16H20O5/c1-3-4-8-15(12(2)17)20-10-13(18)11-21-16-9-6-5-7-14(16)19/h3-9,13,17-19H,1,10-11H2,2H3/b8-4-,15-12-. The van der Waals surface area contributed by atoms with E-state index < -0.39 is 6.10 Å². The fourth-order valence-corrected chi connectivity index (χ4v) is 1.43. The highest BCUT2D eigenvalue weighted by molar-refractivity contribution is 5.37. The number of allylic oxidation sites excluding steroid dienone is 4. The van der Waals surface area contributed by atoms with Gasteiger partial charge in [-0.15, -0.1) is 0 Å². The second kappa shape index (κ2) is 8.71. The summed E-state index contributed by atoms with van der Waals surface area (Å²) in [6.45, 7) is 4.90. The fraction of sp³-hybridized carbons (Fsp3) is 0.250. The Kier molecular flexibility index (Phi) is 6.91. The van der Waals surface area contributed by atoms with E-state index >= 15 is 0 Å². The van der Waals surface area contributed by atoms with Gasteiger partial charge in [-0.3, -0.25) is 0 Å². The summed E-state index contributed by atoms with van der Waals surface area (Å²) >= 11 is 0. The third kappa shape index (κ3) is 6.05. The van der Waals surface area contributed by atoms with Crippen molar-refractivity contribution in [2.75, 3.05) is 13.2 Å². The maximum Gasteiger partial charge on any atom is 0.161 e. The number of hydrogen-bond acceptors (Lipinski definition) is 5. The lowest BCUT2D eigenvalue weighted by molar-refractivity contribution is 0.0370. The van der Waals surface area contributed by atoms with Crippen LogP contribution in [-0.4, -0.2) is 34.6 Å². The lowest BCUT2D eigenvalue weighted by atomic mass is 10.3. The zero-order valence-electron chi connectivity index (χ0n) is 11.9. The molecule has 1 aromatic carbocycles. The van der Waals surface area contributed by atoms with Crippen molar-refractivity contribution in [1.82, 2.24) is 0 Å². The van der Waals surface area contributed by atoms with Crippen molar-refractivity contribution in [1.29, 1.82) is 0 Å². The number of aliphatic hydroxyl groups is 2. The van der Waals surface area contributed by atoms with Crippen molar-refractivity contribution < 1.29 is 24.8 Å². The number of aliphatic hydroxyl groups excluding tert-OH is 2. The molecule has 1 atom stereocenters. The van der Waals surface area contributed by atoms with Gasteiger partial charge in [0.1, 0.15) is 25.1 Å². The smallest absolute Gasteiger partial charge is 0.161 e. The highest BCUT2D eigenvalue weighted by Gasteiger charge is 2.09. The fourth-order valence-electron chi connectivity index (χ4n) is 1.43. The summed E-state index contributed by atoms with van der Waals surface area (Å²) in [7, 11) is 0. The minimum absolute atomic E-state index is 0.00178. The van der Waals surface area contributed by atoms with Crippen LogP contribution in [0.25, 0.3) is 0 Å². The van der Waals surface area contributed by atoms with E-state index in [0.29, 0.717) is 0 Å². The molecule has 1 rings (SSSR count). The number of aromatic hydroxyl groups is 1. The summed E-state index contributed by atoms with van der Waals surface area (Å²) < 4.78 is 10.6. The number of ether oxygens (including phenoxy) is 2. The molecule has 0 radical (unpaired) electrons. The molecule has 0 saturated heterocycles. The van der Waals surface area contributed by atoms with Gasteiger partial charge in [0.15, 0.2) is 17.3 Å². The molecule has 5 nitrogen and oxygen atoms in total. The van der Waals surface area contributed by atoms with E-state index in [9.17, 15) is 15.3 Å². The number of phenols is 1. The molecule has 0 amide bonds. The summed E-state index contributed by atoms with van der Waals surface area (Å²) in [6, 6.07) is 6.48.